The van der Waals surface area contributed by atoms with Gasteiger partial charge in [-0.25, -0.2) is 0 Å². The minimum absolute atomic E-state index is 0.162. The van der Waals surface area contributed by atoms with E-state index in [1.165, 1.54) is 12.3 Å². The van der Waals surface area contributed by atoms with Gasteiger partial charge in [0, 0.05) is 23.3 Å². The van der Waals surface area contributed by atoms with Crippen LogP contribution in [0.5, 0.6) is 0 Å². The zero-order chi connectivity index (χ0) is 23.0. The summed E-state index contributed by atoms with van der Waals surface area (Å²) in [6.07, 6.45) is -1.60. The van der Waals surface area contributed by atoms with Crippen LogP contribution in [0.3, 0.4) is 0 Å². The fraction of sp³-hybridized carbons (Fsp3) is 0.160. The summed E-state index contributed by atoms with van der Waals surface area (Å²) in [5.41, 5.74) is 1.25. The molecule has 0 saturated carbocycles. The Balaban J connectivity index is 1.95. The maximum atomic E-state index is 13.3. The van der Waals surface area contributed by atoms with Crippen LogP contribution in [0.25, 0.3) is 10.9 Å². The van der Waals surface area contributed by atoms with Crippen LogP contribution in [0.4, 0.5) is 13.2 Å². The predicted molar refractivity (Wildman–Crippen MR) is 116 cm³/mol. The number of carbonyl (C=O) groups is 1. The van der Waals surface area contributed by atoms with E-state index in [1.807, 2.05) is 13.8 Å². The number of ketones is 1. The van der Waals surface area contributed by atoms with Crippen molar-refractivity contribution in [1.29, 1.82) is 0 Å². The molecule has 0 aliphatic carbocycles. The molecule has 2 aromatic heterocycles. The highest BCUT2D eigenvalue weighted by Gasteiger charge is 2.31. The summed E-state index contributed by atoms with van der Waals surface area (Å²) in [5, 5.41) is -0.162. The first-order valence-electron chi connectivity index (χ1n) is 9.91. The van der Waals surface area contributed by atoms with Crippen LogP contribution in [-0.2, 0) is 12.7 Å². The third-order valence-corrected chi connectivity index (χ3v) is 5.48. The van der Waals surface area contributed by atoms with Crippen LogP contribution >= 0.6 is 0 Å². The van der Waals surface area contributed by atoms with E-state index in [0.717, 1.165) is 23.3 Å². The molecular weight excluding hydrogens is 417 g/mol. The highest BCUT2D eigenvalue weighted by molar-refractivity contribution is 6.10. The summed E-state index contributed by atoms with van der Waals surface area (Å²) in [5.74, 6) is -0.535. The Hall–Kier alpha value is -3.74. The Bertz CT molecular complexity index is 1390. The molecule has 4 rings (SSSR count). The van der Waals surface area contributed by atoms with Gasteiger partial charge >= 0.3 is 6.18 Å². The summed E-state index contributed by atoms with van der Waals surface area (Å²) in [6, 6.07) is 13.4. The number of nitrogens with zero attached hydrogens (tertiary/aromatic N) is 2. The quantitative estimate of drug-likeness (QED) is 0.408. The topological polar surface area (TPSA) is 52.0 Å². The lowest BCUT2D eigenvalue weighted by molar-refractivity contribution is -0.137. The second-order valence-corrected chi connectivity index (χ2v) is 7.68. The second-order valence-electron chi connectivity index (χ2n) is 7.68. The van der Waals surface area contributed by atoms with Crippen molar-refractivity contribution in [1.82, 2.24) is 9.55 Å². The average Bonchev–Trinajstić information content (AvgIpc) is 2.77. The Labute approximate surface area is 182 Å². The first-order valence-corrected chi connectivity index (χ1v) is 9.91. The number of aryl methyl sites for hydroxylation is 2. The molecule has 0 bridgehead atoms. The molecule has 0 atom stereocenters. The van der Waals surface area contributed by atoms with Crippen molar-refractivity contribution in [2.45, 2.75) is 26.6 Å². The van der Waals surface area contributed by atoms with E-state index in [4.69, 9.17) is 0 Å². The molecule has 0 unspecified atom stereocenters. The molecule has 0 N–H and O–H groups in total. The zero-order valence-corrected chi connectivity index (χ0v) is 17.4. The molecule has 32 heavy (non-hydrogen) atoms. The van der Waals surface area contributed by atoms with Crippen molar-refractivity contribution >= 4 is 16.7 Å². The molecule has 4 aromatic rings. The third-order valence-electron chi connectivity index (χ3n) is 5.48. The van der Waals surface area contributed by atoms with E-state index < -0.39 is 23.0 Å². The monoisotopic (exact) mass is 436 g/mol. The van der Waals surface area contributed by atoms with Crippen molar-refractivity contribution in [2.24, 2.45) is 0 Å². The van der Waals surface area contributed by atoms with Gasteiger partial charge in [0.1, 0.15) is 0 Å². The molecule has 162 valence electrons. The van der Waals surface area contributed by atoms with Crippen LogP contribution < -0.4 is 5.43 Å². The lowest BCUT2D eigenvalue weighted by atomic mass is 9.98. The Morgan fingerprint density at radius 1 is 1.00 bits per heavy atom. The van der Waals surface area contributed by atoms with Gasteiger partial charge in [-0.1, -0.05) is 18.2 Å². The number of hydrogen-bond acceptors (Lipinski definition) is 3. The van der Waals surface area contributed by atoms with Crippen molar-refractivity contribution in [3.63, 3.8) is 0 Å². The number of carbonyl (C=O) groups excluding carboxylic acids is 1. The number of hydrogen-bond donors (Lipinski definition) is 0. The lowest BCUT2D eigenvalue weighted by Gasteiger charge is -2.15. The largest absolute Gasteiger partial charge is 0.416 e. The highest BCUT2D eigenvalue weighted by atomic mass is 19.4. The number of rotatable bonds is 4. The fourth-order valence-corrected chi connectivity index (χ4v) is 3.57. The van der Waals surface area contributed by atoms with Gasteiger partial charge in [0.25, 0.3) is 0 Å². The molecule has 4 nitrogen and oxygen atoms in total. The molecule has 0 fully saturated rings. The fourth-order valence-electron chi connectivity index (χ4n) is 3.57. The van der Waals surface area contributed by atoms with E-state index in [2.05, 4.69) is 4.98 Å². The first-order chi connectivity index (χ1) is 15.1. The Kier molecular flexibility index (Phi) is 5.42. The number of aromatic nitrogens is 2. The molecular formula is C25H19F3N2O2. The molecule has 0 aliphatic rings. The lowest BCUT2D eigenvalue weighted by Crippen LogP contribution is -2.21. The zero-order valence-electron chi connectivity index (χ0n) is 17.4. The van der Waals surface area contributed by atoms with E-state index in [0.29, 0.717) is 16.8 Å². The number of alkyl halides is 3. The van der Waals surface area contributed by atoms with Crippen LogP contribution in [0.2, 0.25) is 0 Å². The van der Waals surface area contributed by atoms with Crippen molar-refractivity contribution in [3.05, 3.63) is 111 Å². The van der Waals surface area contributed by atoms with Crippen molar-refractivity contribution in [3.8, 4) is 0 Å². The van der Waals surface area contributed by atoms with Crippen LogP contribution in [0.15, 0.2) is 71.8 Å². The van der Waals surface area contributed by atoms with Gasteiger partial charge in [0.05, 0.1) is 28.9 Å². The van der Waals surface area contributed by atoms with Gasteiger partial charge in [0.2, 0.25) is 5.43 Å². The van der Waals surface area contributed by atoms with Gasteiger partial charge in [-0.05, 0) is 61.4 Å². The summed E-state index contributed by atoms with van der Waals surface area (Å²) >= 11 is 0. The minimum Gasteiger partial charge on any atom is -0.340 e. The number of halogens is 3. The average molecular weight is 436 g/mol. The van der Waals surface area contributed by atoms with E-state index in [1.54, 1.807) is 47.2 Å². The number of fused-ring (bicyclic) bond motifs is 1. The first kappa shape index (κ1) is 21.5. The molecule has 0 saturated heterocycles. The van der Waals surface area contributed by atoms with E-state index in [-0.39, 0.29) is 17.5 Å². The van der Waals surface area contributed by atoms with Gasteiger partial charge in [-0.15, -0.1) is 0 Å². The summed E-state index contributed by atoms with van der Waals surface area (Å²) in [6.45, 7) is 3.94. The summed E-state index contributed by atoms with van der Waals surface area (Å²) < 4.78 is 41.5. The molecule has 0 aliphatic heterocycles. The Morgan fingerprint density at radius 3 is 2.44 bits per heavy atom. The standard InChI is InChI=1S/C25H19F3N2O2/c1-15-6-7-17(11-16(15)2)23(31)21-14-30(13-19-5-3-4-10-29-19)22-9-8-18(25(26,27)28)12-20(22)24(21)32/h3-12,14H,13H2,1-2H3. The van der Waals surface area contributed by atoms with Crippen LogP contribution in [-0.4, -0.2) is 15.3 Å². The van der Waals surface area contributed by atoms with Gasteiger partial charge < -0.3 is 4.57 Å². The number of benzene rings is 2. The summed E-state index contributed by atoms with van der Waals surface area (Å²) in [7, 11) is 0. The molecule has 0 amide bonds. The van der Waals surface area contributed by atoms with Crippen LogP contribution in [0, 0.1) is 13.8 Å². The second kappa shape index (κ2) is 8.07. The maximum Gasteiger partial charge on any atom is 0.416 e. The predicted octanol–water partition coefficient (Wildman–Crippen LogP) is 5.31. The van der Waals surface area contributed by atoms with E-state index >= 15 is 0 Å². The van der Waals surface area contributed by atoms with Gasteiger partial charge in [-0.2, -0.15) is 13.2 Å². The molecule has 0 spiro atoms. The molecule has 2 aromatic carbocycles. The number of pyridine rings is 2. The smallest absolute Gasteiger partial charge is 0.340 e. The molecule has 7 heteroatoms. The SMILES string of the molecule is Cc1ccc(C(=O)c2cn(Cc3ccccn3)c3ccc(C(F)(F)F)cc3c2=O)cc1C. The summed E-state index contributed by atoms with van der Waals surface area (Å²) in [4.78, 5) is 30.6. The molecule has 0 radical (unpaired) electrons. The molecule has 2 heterocycles. The third kappa shape index (κ3) is 4.06. The van der Waals surface area contributed by atoms with E-state index in [9.17, 15) is 22.8 Å². The minimum atomic E-state index is -4.61. The highest BCUT2D eigenvalue weighted by Crippen LogP contribution is 2.31. The maximum absolute atomic E-state index is 13.3. The van der Waals surface area contributed by atoms with Crippen molar-refractivity contribution in [2.75, 3.05) is 0 Å². The van der Waals surface area contributed by atoms with Gasteiger partial charge in [0.15, 0.2) is 5.78 Å². The van der Waals surface area contributed by atoms with Crippen molar-refractivity contribution < 1.29 is 18.0 Å². The van der Waals surface area contributed by atoms with Crippen LogP contribution in [0.1, 0.15) is 38.3 Å². The Morgan fingerprint density at radius 2 is 1.78 bits per heavy atom. The normalized spacial score (nSPS) is 11.7. The van der Waals surface area contributed by atoms with Gasteiger partial charge in [-0.3, -0.25) is 14.6 Å².